The van der Waals surface area contributed by atoms with Crippen LogP contribution in [0.15, 0.2) is 103 Å². The van der Waals surface area contributed by atoms with Gasteiger partial charge in [0, 0.05) is 0 Å². The molecule has 0 saturated carbocycles. The van der Waals surface area contributed by atoms with Crippen LogP contribution in [-0.2, 0) is 0 Å². The van der Waals surface area contributed by atoms with Gasteiger partial charge in [-0.05, 0) is 58.5 Å². The van der Waals surface area contributed by atoms with Crippen LogP contribution < -0.4 is 0 Å². The van der Waals surface area contributed by atoms with Gasteiger partial charge >= 0.3 is 0 Å². The monoisotopic (exact) mass is 410 g/mol. The number of benzene rings is 4. The van der Waals surface area contributed by atoms with Crippen LogP contribution in [0.5, 0.6) is 0 Å². The van der Waals surface area contributed by atoms with E-state index in [1.165, 1.54) is 38.9 Å². The molecule has 0 aliphatic carbocycles. The Morgan fingerprint density at radius 2 is 0.677 bits per heavy atom. The van der Waals surface area contributed by atoms with E-state index in [1.807, 2.05) is 41.5 Å². The van der Waals surface area contributed by atoms with Crippen LogP contribution in [0.4, 0.5) is 0 Å². The molecule has 0 aliphatic heterocycles. The molecular weight excluding hydrogens is 372 g/mol. The Bertz CT molecular complexity index is 925. The first-order valence-corrected chi connectivity index (χ1v) is 11.6. The van der Waals surface area contributed by atoms with Gasteiger partial charge in [0.15, 0.2) is 0 Å². The molecule has 0 unspecified atom stereocenters. The van der Waals surface area contributed by atoms with Gasteiger partial charge in [-0.15, -0.1) is 0 Å². The summed E-state index contributed by atoms with van der Waals surface area (Å²) >= 11 is 0. The van der Waals surface area contributed by atoms with Gasteiger partial charge in [0.1, 0.15) is 0 Å². The van der Waals surface area contributed by atoms with E-state index in [0.717, 1.165) is 0 Å². The summed E-state index contributed by atoms with van der Waals surface area (Å²) in [4.78, 5) is 0. The summed E-state index contributed by atoms with van der Waals surface area (Å²) in [5.41, 5.74) is 8.78. The van der Waals surface area contributed by atoms with Gasteiger partial charge in [-0.25, -0.2) is 0 Å². The second kappa shape index (κ2) is 14.8. The van der Waals surface area contributed by atoms with Crippen molar-refractivity contribution in [1.82, 2.24) is 0 Å². The molecule has 0 aromatic heterocycles. The Balaban J connectivity index is 0.000000739. The predicted octanol–water partition coefficient (Wildman–Crippen LogP) is 10.1. The summed E-state index contributed by atoms with van der Waals surface area (Å²) in [5, 5.41) is 0. The third-order valence-electron chi connectivity index (χ3n) is 4.50. The Morgan fingerprint density at radius 3 is 1.06 bits per heavy atom. The quantitative estimate of drug-likeness (QED) is 0.315. The molecule has 0 spiro atoms. The molecule has 0 heteroatoms. The molecule has 0 atom stereocenters. The van der Waals surface area contributed by atoms with Crippen LogP contribution in [0.2, 0.25) is 0 Å². The van der Waals surface area contributed by atoms with E-state index in [1.54, 1.807) is 0 Å². The zero-order valence-corrected chi connectivity index (χ0v) is 20.3. The molecule has 0 fully saturated rings. The lowest BCUT2D eigenvalue weighted by atomic mass is 9.93. The highest BCUT2D eigenvalue weighted by molar-refractivity contribution is 5.81. The fraction of sp³-hybridized carbons (Fsp3) is 0.226. The molecule has 0 nitrogen and oxygen atoms in total. The van der Waals surface area contributed by atoms with Crippen molar-refractivity contribution in [2.75, 3.05) is 0 Å². The topological polar surface area (TPSA) is 0 Å². The lowest BCUT2D eigenvalue weighted by Gasteiger charge is -2.11. The molecule has 4 aromatic carbocycles. The Labute approximate surface area is 190 Å². The number of rotatable bonds is 3. The molecule has 0 N–H and O–H groups in total. The number of hydrogen-bond acceptors (Lipinski definition) is 0. The molecule has 0 saturated heterocycles. The van der Waals surface area contributed by atoms with Crippen molar-refractivity contribution >= 4 is 0 Å². The van der Waals surface area contributed by atoms with Crippen LogP contribution in [0.25, 0.3) is 33.4 Å². The summed E-state index contributed by atoms with van der Waals surface area (Å²) < 4.78 is 0. The highest BCUT2D eigenvalue weighted by Gasteiger charge is 2.07. The molecule has 162 valence electrons. The molecular formula is C31H38. The van der Waals surface area contributed by atoms with E-state index in [2.05, 4.69) is 110 Å². The van der Waals surface area contributed by atoms with Gasteiger partial charge in [-0.2, -0.15) is 0 Å². The highest BCUT2D eigenvalue weighted by Crippen LogP contribution is 2.33. The summed E-state index contributed by atoms with van der Waals surface area (Å²) in [6.07, 6.45) is 0. The van der Waals surface area contributed by atoms with Gasteiger partial charge < -0.3 is 0 Å². The largest absolute Gasteiger partial charge is 0.0683 e. The van der Waals surface area contributed by atoms with Crippen LogP contribution >= 0.6 is 0 Å². The lowest BCUT2D eigenvalue weighted by molar-refractivity contribution is 1.46. The fourth-order valence-electron chi connectivity index (χ4n) is 3.21. The van der Waals surface area contributed by atoms with Gasteiger partial charge in [-0.1, -0.05) is 132 Å². The van der Waals surface area contributed by atoms with Crippen molar-refractivity contribution in [2.45, 2.75) is 48.5 Å². The van der Waals surface area contributed by atoms with Gasteiger partial charge in [-0.3, -0.25) is 0 Å². The van der Waals surface area contributed by atoms with E-state index in [0.29, 0.717) is 0 Å². The van der Waals surface area contributed by atoms with Gasteiger partial charge in [0.2, 0.25) is 0 Å². The standard InChI is InChI=1S/C25H20.3C2H6/c1-19-9-8-14-22(15-19)25-17-23(20-10-4-2-5-11-20)16-24(18-25)21-12-6-3-7-13-21;3*1-2/h2-18H,1H3;3*1-2H3. The molecule has 0 radical (unpaired) electrons. The van der Waals surface area contributed by atoms with Gasteiger partial charge in [0.25, 0.3) is 0 Å². The van der Waals surface area contributed by atoms with E-state index in [-0.39, 0.29) is 0 Å². The molecule has 0 heterocycles. The predicted molar refractivity (Wildman–Crippen MR) is 142 cm³/mol. The molecule has 0 amide bonds. The lowest BCUT2D eigenvalue weighted by Crippen LogP contribution is -1.86. The summed E-state index contributed by atoms with van der Waals surface area (Å²) in [5.74, 6) is 0. The van der Waals surface area contributed by atoms with Crippen LogP contribution in [0.1, 0.15) is 47.1 Å². The smallest absolute Gasteiger partial charge is 0.0172 e. The van der Waals surface area contributed by atoms with Crippen molar-refractivity contribution in [1.29, 1.82) is 0 Å². The van der Waals surface area contributed by atoms with Crippen molar-refractivity contribution < 1.29 is 0 Å². The van der Waals surface area contributed by atoms with Crippen molar-refractivity contribution in [3.05, 3.63) is 109 Å². The second-order valence-corrected chi connectivity index (χ2v) is 6.40. The maximum Gasteiger partial charge on any atom is -0.0172 e. The first-order chi connectivity index (χ1) is 15.3. The van der Waals surface area contributed by atoms with Gasteiger partial charge in [0.05, 0.1) is 0 Å². The second-order valence-electron chi connectivity index (χ2n) is 6.40. The zero-order chi connectivity index (χ0) is 23.1. The Morgan fingerprint density at radius 1 is 0.323 bits per heavy atom. The van der Waals surface area contributed by atoms with E-state index < -0.39 is 0 Å². The Hall–Kier alpha value is -3.12. The fourth-order valence-corrected chi connectivity index (χ4v) is 3.21. The third-order valence-corrected chi connectivity index (χ3v) is 4.50. The maximum atomic E-state index is 2.29. The number of aryl methyl sites for hydroxylation is 1. The normalized spacial score (nSPS) is 9.13. The average Bonchev–Trinajstić information content (AvgIpc) is 2.88. The third kappa shape index (κ3) is 7.57. The number of hydrogen-bond donors (Lipinski definition) is 0. The average molecular weight is 411 g/mol. The van der Waals surface area contributed by atoms with Crippen LogP contribution in [0.3, 0.4) is 0 Å². The minimum absolute atomic E-state index is 1.24. The van der Waals surface area contributed by atoms with Crippen molar-refractivity contribution in [3.8, 4) is 33.4 Å². The Kier molecular flexibility index (Phi) is 12.4. The summed E-state index contributed by atoms with van der Waals surface area (Å²) in [6.45, 7) is 14.1. The molecule has 31 heavy (non-hydrogen) atoms. The SMILES string of the molecule is CC.CC.CC.Cc1cccc(-c2cc(-c3ccccc3)cc(-c3ccccc3)c2)c1. The van der Waals surface area contributed by atoms with E-state index in [4.69, 9.17) is 0 Å². The molecule has 0 bridgehead atoms. The molecule has 4 rings (SSSR count). The molecule has 4 aromatic rings. The minimum atomic E-state index is 1.24. The molecule has 0 aliphatic rings. The van der Waals surface area contributed by atoms with Crippen LogP contribution in [0, 0.1) is 6.92 Å². The van der Waals surface area contributed by atoms with Crippen molar-refractivity contribution in [3.63, 3.8) is 0 Å². The van der Waals surface area contributed by atoms with E-state index >= 15 is 0 Å². The van der Waals surface area contributed by atoms with Crippen molar-refractivity contribution in [2.24, 2.45) is 0 Å². The summed E-state index contributed by atoms with van der Waals surface area (Å²) in [7, 11) is 0. The first-order valence-electron chi connectivity index (χ1n) is 11.6. The summed E-state index contributed by atoms with van der Waals surface area (Å²) in [6, 6.07) is 36.7. The highest BCUT2D eigenvalue weighted by atomic mass is 14.1. The zero-order valence-electron chi connectivity index (χ0n) is 20.3. The first kappa shape index (κ1) is 25.9. The van der Waals surface area contributed by atoms with E-state index in [9.17, 15) is 0 Å². The minimum Gasteiger partial charge on any atom is -0.0683 e. The van der Waals surface area contributed by atoms with Crippen LogP contribution in [-0.4, -0.2) is 0 Å². The maximum absolute atomic E-state index is 2.29.